The average Bonchev–Trinajstić information content (AvgIpc) is 2.26. The first-order valence-corrected chi connectivity index (χ1v) is 6.14. The monoisotopic (exact) mass is 224 g/mol. The highest BCUT2D eigenvalue weighted by molar-refractivity contribution is 7.99. The number of aromatic nitrogens is 2. The molecule has 1 aromatic rings. The standard InChI is InChI=1S/C11H16N2OS/c1-3-10(14)5-4-6-15-11-12-7-9(2)8-13-11/h7-8H,3-6H2,1-2H3. The fraction of sp³-hybridized carbons (Fsp3) is 0.545. The number of thioether (sulfide) groups is 1. The minimum absolute atomic E-state index is 0.334. The van der Waals surface area contributed by atoms with Crippen molar-refractivity contribution in [3.63, 3.8) is 0 Å². The number of nitrogens with zero attached hydrogens (tertiary/aromatic N) is 2. The molecule has 1 heterocycles. The number of hydrogen-bond acceptors (Lipinski definition) is 4. The van der Waals surface area contributed by atoms with Gasteiger partial charge < -0.3 is 0 Å². The molecule has 0 amide bonds. The second-order valence-corrected chi connectivity index (χ2v) is 4.45. The lowest BCUT2D eigenvalue weighted by Gasteiger charge is -1.99. The normalized spacial score (nSPS) is 10.3. The molecule has 15 heavy (non-hydrogen) atoms. The molecule has 0 spiro atoms. The van der Waals surface area contributed by atoms with E-state index in [1.807, 2.05) is 26.2 Å². The molecule has 0 bridgehead atoms. The summed E-state index contributed by atoms with van der Waals surface area (Å²) in [5.41, 5.74) is 1.07. The Balaban J connectivity index is 2.20. The van der Waals surface area contributed by atoms with Gasteiger partial charge in [0.05, 0.1) is 0 Å². The molecule has 0 unspecified atom stereocenters. The van der Waals surface area contributed by atoms with E-state index in [9.17, 15) is 4.79 Å². The molecule has 3 nitrogen and oxygen atoms in total. The summed E-state index contributed by atoms with van der Waals surface area (Å²) < 4.78 is 0. The second-order valence-electron chi connectivity index (χ2n) is 3.39. The average molecular weight is 224 g/mol. The molecule has 1 rings (SSSR count). The molecule has 1 aromatic heterocycles. The third-order valence-electron chi connectivity index (χ3n) is 1.98. The number of aryl methyl sites for hydroxylation is 1. The lowest BCUT2D eigenvalue weighted by Crippen LogP contribution is -1.96. The molecule has 0 fully saturated rings. The van der Waals surface area contributed by atoms with Crippen LogP contribution in [0.4, 0.5) is 0 Å². The zero-order valence-electron chi connectivity index (χ0n) is 9.19. The van der Waals surface area contributed by atoms with Gasteiger partial charge in [0, 0.05) is 31.0 Å². The van der Waals surface area contributed by atoms with Crippen LogP contribution in [0.1, 0.15) is 31.7 Å². The van der Waals surface area contributed by atoms with Gasteiger partial charge in [0.15, 0.2) is 5.16 Å². The summed E-state index contributed by atoms with van der Waals surface area (Å²) in [5, 5.41) is 0.796. The van der Waals surface area contributed by atoms with Gasteiger partial charge in [0.25, 0.3) is 0 Å². The number of Topliss-reactive ketones (excluding diaryl/α,β-unsaturated/α-hetero) is 1. The maximum Gasteiger partial charge on any atom is 0.187 e. The van der Waals surface area contributed by atoms with Crippen molar-refractivity contribution in [2.75, 3.05) is 5.75 Å². The summed E-state index contributed by atoms with van der Waals surface area (Å²) >= 11 is 1.61. The van der Waals surface area contributed by atoms with Crippen LogP contribution >= 0.6 is 11.8 Å². The topological polar surface area (TPSA) is 42.9 Å². The number of carbonyl (C=O) groups excluding carboxylic acids is 1. The minimum atomic E-state index is 0.334. The number of hydrogen-bond donors (Lipinski definition) is 0. The Kier molecular flexibility index (Phi) is 5.32. The van der Waals surface area contributed by atoms with Gasteiger partial charge in [0.1, 0.15) is 5.78 Å². The smallest absolute Gasteiger partial charge is 0.187 e. The minimum Gasteiger partial charge on any atom is -0.300 e. The first-order valence-electron chi connectivity index (χ1n) is 5.15. The summed E-state index contributed by atoms with van der Waals surface area (Å²) in [4.78, 5) is 19.4. The molecule has 0 aliphatic heterocycles. The Labute approximate surface area is 94.7 Å². The molecule has 0 N–H and O–H groups in total. The number of ketones is 1. The predicted molar refractivity (Wildman–Crippen MR) is 62.0 cm³/mol. The molecule has 0 saturated heterocycles. The highest BCUT2D eigenvalue weighted by Crippen LogP contribution is 2.14. The van der Waals surface area contributed by atoms with Crippen molar-refractivity contribution in [2.24, 2.45) is 0 Å². The maximum atomic E-state index is 11.0. The lowest BCUT2D eigenvalue weighted by molar-refractivity contribution is -0.118. The largest absolute Gasteiger partial charge is 0.300 e. The van der Waals surface area contributed by atoms with Gasteiger partial charge in [-0.05, 0) is 18.9 Å². The lowest BCUT2D eigenvalue weighted by atomic mass is 10.2. The van der Waals surface area contributed by atoms with Crippen molar-refractivity contribution < 1.29 is 4.79 Å². The third kappa shape index (κ3) is 4.93. The van der Waals surface area contributed by atoms with Gasteiger partial charge in [-0.15, -0.1) is 0 Å². The van der Waals surface area contributed by atoms with Crippen molar-refractivity contribution in [1.29, 1.82) is 0 Å². The predicted octanol–water partition coefficient (Wildman–Crippen LogP) is 2.64. The van der Waals surface area contributed by atoms with Crippen LogP contribution in [0.3, 0.4) is 0 Å². The van der Waals surface area contributed by atoms with E-state index >= 15 is 0 Å². The van der Waals surface area contributed by atoms with Gasteiger partial charge in [-0.1, -0.05) is 18.7 Å². The Hall–Kier alpha value is -0.900. The molecule has 82 valence electrons. The second kappa shape index (κ2) is 6.56. The molecular formula is C11H16N2OS. The van der Waals surface area contributed by atoms with Crippen LogP contribution in [0.2, 0.25) is 0 Å². The number of carbonyl (C=O) groups is 1. The van der Waals surface area contributed by atoms with Gasteiger partial charge in [0.2, 0.25) is 0 Å². The molecule has 0 aliphatic carbocycles. The maximum absolute atomic E-state index is 11.0. The quantitative estimate of drug-likeness (QED) is 0.423. The van der Waals surface area contributed by atoms with Crippen molar-refractivity contribution in [3.8, 4) is 0 Å². The molecular weight excluding hydrogens is 208 g/mol. The molecule has 0 saturated carbocycles. The Morgan fingerprint density at radius 1 is 1.40 bits per heavy atom. The van der Waals surface area contributed by atoms with E-state index in [0.29, 0.717) is 18.6 Å². The Bertz CT molecular complexity index is 311. The fourth-order valence-corrected chi connectivity index (χ4v) is 1.79. The van der Waals surface area contributed by atoms with E-state index in [-0.39, 0.29) is 0 Å². The zero-order chi connectivity index (χ0) is 11.1. The molecule has 0 aliphatic rings. The van der Waals surface area contributed by atoms with Crippen LogP contribution in [0, 0.1) is 6.92 Å². The highest BCUT2D eigenvalue weighted by Gasteiger charge is 2.00. The molecule has 4 heteroatoms. The van der Waals surface area contributed by atoms with Crippen LogP contribution < -0.4 is 0 Å². The van der Waals surface area contributed by atoms with E-state index in [4.69, 9.17) is 0 Å². The van der Waals surface area contributed by atoms with Crippen molar-refractivity contribution in [2.45, 2.75) is 38.3 Å². The van der Waals surface area contributed by atoms with Gasteiger partial charge in [-0.25, -0.2) is 9.97 Å². The SMILES string of the molecule is CCC(=O)CCCSc1ncc(C)cn1. The first-order chi connectivity index (χ1) is 7.22. The van der Waals surface area contributed by atoms with Crippen molar-refractivity contribution in [1.82, 2.24) is 9.97 Å². The van der Waals surface area contributed by atoms with Crippen LogP contribution in [-0.4, -0.2) is 21.5 Å². The first kappa shape index (κ1) is 12.2. The molecule has 0 radical (unpaired) electrons. The van der Waals surface area contributed by atoms with Crippen LogP contribution in [0.15, 0.2) is 17.6 Å². The van der Waals surface area contributed by atoms with Crippen molar-refractivity contribution in [3.05, 3.63) is 18.0 Å². The molecule has 0 atom stereocenters. The zero-order valence-corrected chi connectivity index (χ0v) is 10.0. The highest BCUT2D eigenvalue weighted by atomic mass is 32.2. The third-order valence-corrected chi connectivity index (χ3v) is 2.94. The fourth-order valence-electron chi connectivity index (χ4n) is 1.06. The van der Waals surface area contributed by atoms with E-state index in [2.05, 4.69) is 9.97 Å². The van der Waals surface area contributed by atoms with Gasteiger partial charge >= 0.3 is 0 Å². The van der Waals surface area contributed by atoms with Crippen molar-refractivity contribution >= 4 is 17.5 Å². The Morgan fingerprint density at radius 3 is 2.67 bits per heavy atom. The number of rotatable bonds is 6. The van der Waals surface area contributed by atoms with Crippen LogP contribution in [0.5, 0.6) is 0 Å². The molecule has 0 aromatic carbocycles. The summed E-state index contributed by atoms with van der Waals surface area (Å²) in [7, 11) is 0. The van der Waals surface area contributed by atoms with E-state index in [1.54, 1.807) is 11.8 Å². The van der Waals surface area contributed by atoms with Gasteiger partial charge in [-0.3, -0.25) is 4.79 Å². The van der Waals surface area contributed by atoms with Crippen LogP contribution in [0.25, 0.3) is 0 Å². The van der Waals surface area contributed by atoms with Gasteiger partial charge in [-0.2, -0.15) is 0 Å². The van der Waals surface area contributed by atoms with E-state index in [0.717, 1.165) is 22.9 Å². The summed E-state index contributed by atoms with van der Waals surface area (Å²) in [6, 6.07) is 0. The summed E-state index contributed by atoms with van der Waals surface area (Å²) in [6.07, 6.45) is 5.86. The summed E-state index contributed by atoms with van der Waals surface area (Å²) in [5.74, 6) is 1.25. The van der Waals surface area contributed by atoms with E-state index < -0.39 is 0 Å². The summed E-state index contributed by atoms with van der Waals surface area (Å²) in [6.45, 7) is 3.87. The van der Waals surface area contributed by atoms with Crippen LogP contribution in [-0.2, 0) is 4.79 Å². The van der Waals surface area contributed by atoms with E-state index in [1.165, 1.54) is 0 Å². The Morgan fingerprint density at radius 2 is 2.07 bits per heavy atom.